The van der Waals surface area contributed by atoms with E-state index in [1.165, 1.54) is 0 Å². The first-order valence-electron chi connectivity index (χ1n) is 7.93. The average Bonchev–Trinajstić information content (AvgIpc) is 2.62. The first kappa shape index (κ1) is 17.2. The van der Waals surface area contributed by atoms with E-state index in [1.807, 2.05) is 48.5 Å². The minimum atomic E-state index is -0.809. The molecule has 1 heterocycles. The molecule has 1 N–H and O–H groups in total. The third-order valence-corrected chi connectivity index (χ3v) is 5.34. The maximum Gasteiger partial charge on any atom is 0.118 e. The number of nitrogens with zero attached hydrogens (tertiary/aromatic N) is 1. The predicted molar refractivity (Wildman–Crippen MR) is 101 cm³/mol. The van der Waals surface area contributed by atoms with Gasteiger partial charge < -0.3 is 14.7 Å². The number of likely N-dealkylation sites (tertiary alicyclic amines) is 1. The molecule has 2 aromatic rings. The summed E-state index contributed by atoms with van der Waals surface area (Å²) < 4.78 is 5.18. The van der Waals surface area contributed by atoms with Crippen molar-refractivity contribution in [2.45, 2.75) is 18.4 Å². The SMILES string of the molecule is COc1ccc(C(=S)N2CCC(O)(c3ccc(Cl)cc3)CC2)cc1. The van der Waals surface area contributed by atoms with E-state index in [9.17, 15) is 5.11 Å². The number of aliphatic hydroxyl groups is 1. The number of methoxy groups -OCH3 is 1. The van der Waals surface area contributed by atoms with Crippen LogP contribution in [0.5, 0.6) is 5.75 Å². The summed E-state index contributed by atoms with van der Waals surface area (Å²) in [6.07, 6.45) is 1.29. The summed E-state index contributed by atoms with van der Waals surface area (Å²) in [5.74, 6) is 0.817. The minimum Gasteiger partial charge on any atom is -0.497 e. The normalized spacial score (nSPS) is 16.7. The maximum absolute atomic E-state index is 10.9. The van der Waals surface area contributed by atoms with Crippen molar-refractivity contribution in [2.24, 2.45) is 0 Å². The Kier molecular flexibility index (Phi) is 5.09. The number of halogens is 1. The molecule has 0 amide bonds. The first-order valence-corrected chi connectivity index (χ1v) is 8.72. The van der Waals surface area contributed by atoms with Gasteiger partial charge in [0.25, 0.3) is 0 Å². The van der Waals surface area contributed by atoms with E-state index in [4.69, 9.17) is 28.6 Å². The van der Waals surface area contributed by atoms with E-state index < -0.39 is 5.60 Å². The van der Waals surface area contributed by atoms with Crippen molar-refractivity contribution in [1.29, 1.82) is 0 Å². The Balaban J connectivity index is 1.67. The summed E-state index contributed by atoms with van der Waals surface area (Å²) in [6.45, 7) is 1.45. The van der Waals surface area contributed by atoms with Gasteiger partial charge in [0.2, 0.25) is 0 Å². The third kappa shape index (κ3) is 3.56. The Morgan fingerprint density at radius 2 is 1.67 bits per heavy atom. The van der Waals surface area contributed by atoms with Gasteiger partial charge in [-0.3, -0.25) is 0 Å². The van der Waals surface area contributed by atoms with Crippen LogP contribution in [0.15, 0.2) is 48.5 Å². The molecule has 0 radical (unpaired) electrons. The number of thiocarbonyl (C=S) groups is 1. The molecule has 0 aliphatic carbocycles. The van der Waals surface area contributed by atoms with Gasteiger partial charge in [-0.25, -0.2) is 0 Å². The number of hydrogen-bond donors (Lipinski definition) is 1. The van der Waals surface area contributed by atoms with Crippen molar-refractivity contribution in [2.75, 3.05) is 20.2 Å². The fourth-order valence-corrected chi connectivity index (χ4v) is 3.49. The van der Waals surface area contributed by atoms with Crippen LogP contribution in [0, 0.1) is 0 Å². The molecule has 0 bridgehead atoms. The Hall–Kier alpha value is -1.62. The molecular weight excluding hydrogens is 342 g/mol. The molecular formula is C19H20ClNO2S. The van der Waals surface area contributed by atoms with Gasteiger partial charge in [-0.1, -0.05) is 36.0 Å². The van der Waals surface area contributed by atoms with Gasteiger partial charge in [0.15, 0.2) is 0 Å². The lowest BCUT2D eigenvalue weighted by Crippen LogP contribution is -2.44. The van der Waals surface area contributed by atoms with E-state index in [0.29, 0.717) is 17.9 Å². The second-order valence-corrected chi connectivity index (χ2v) is 6.88. The highest BCUT2D eigenvalue weighted by molar-refractivity contribution is 7.80. The Morgan fingerprint density at radius 1 is 1.08 bits per heavy atom. The van der Waals surface area contributed by atoms with Crippen LogP contribution in [0.2, 0.25) is 5.02 Å². The predicted octanol–water partition coefficient (Wildman–Crippen LogP) is 4.01. The van der Waals surface area contributed by atoms with E-state index in [1.54, 1.807) is 7.11 Å². The van der Waals surface area contributed by atoms with Crippen molar-refractivity contribution in [3.8, 4) is 5.75 Å². The second kappa shape index (κ2) is 7.09. The fourth-order valence-electron chi connectivity index (χ4n) is 3.04. The van der Waals surface area contributed by atoms with Gasteiger partial charge in [0.1, 0.15) is 10.7 Å². The average molecular weight is 362 g/mol. The molecule has 3 rings (SSSR count). The van der Waals surface area contributed by atoms with Crippen LogP contribution in [-0.2, 0) is 5.60 Å². The third-order valence-electron chi connectivity index (χ3n) is 4.60. The molecule has 0 unspecified atom stereocenters. The highest BCUT2D eigenvalue weighted by Crippen LogP contribution is 2.34. The van der Waals surface area contributed by atoms with E-state index in [0.717, 1.165) is 35.0 Å². The van der Waals surface area contributed by atoms with Crippen LogP contribution in [0.1, 0.15) is 24.0 Å². The minimum absolute atomic E-state index is 0.644. The number of piperidine rings is 1. The summed E-state index contributed by atoms with van der Waals surface area (Å²) in [5, 5.41) is 11.6. The molecule has 24 heavy (non-hydrogen) atoms. The zero-order valence-corrected chi connectivity index (χ0v) is 15.1. The number of rotatable bonds is 3. The molecule has 1 fully saturated rings. The van der Waals surface area contributed by atoms with Gasteiger partial charge >= 0.3 is 0 Å². The van der Waals surface area contributed by atoms with E-state index in [-0.39, 0.29) is 0 Å². The summed E-state index contributed by atoms with van der Waals surface area (Å²) in [4.78, 5) is 2.97. The Bertz CT molecular complexity index is 707. The van der Waals surface area contributed by atoms with Crippen LogP contribution in [0.4, 0.5) is 0 Å². The van der Waals surface area contributed by atoms with Crippen molar-refractivity contribution >= 4 is 28.8 Å². The summed E-state index contributed by atoms with van der Waals surface area (Å²) >= 11 is 11.5. The first-order chi connectivity index (χ1) is 11.5. The van der Waals surface area contributed by atoms with E-state index >= 15 is 0 Å². The largest absolute Gasteiger partial charge is 0.497 e. The van der Waals surface area contributed by atoms with Crippen LogP contribution in [0.3, 0.4) is 0 Å². The number of benzene rings is 2. The van der Waals surface area contributed by atoms with Crippen molar-refractivity contribution in [3.63, 3.8) is 0 Å². The lowest BCUT2D eigenvalue weighted by atomic mass is 9.84. The van der Waals surface area contributed by atoms with Crippen LogP contribution >= 0.6 is 23.8 Å². The van der Waals surface area contributed by atoms with Gasteiger partial charge in [0, 0.05) is 23.7 Å². The number of ether oxygens (including phenoxy) is 1. The fraction of sp³-hybridized carbons (Fsp3) is 0.316. The molecule has 5 heteroatoms. The molecule has 0 aromatic heterocycles. The standard InChI is InChI=1S/C19H20ClNO2S/c1-23-17-8-2-14(3-9-17)18(24)21-12-10-19(22,11-13-21)15-4-6-16(20)7-5-15/h2-9,22H,10-13H2,1H3. The van der Waals surface area contributed by atoms with Gasteiger partial charge in [-0.2, -0.15) is 0 Å². The topological polar surface area (TPSA) is 32.7 Å². The molecule has 0 spiro atoms. The molecule has 126 valence electrons. The monoisotopic (exact) mass is 361 g/mol. The van der Waals surface area contributed by atoms with Gasteiger partial charge in [-0.15, -0.1) is 0 Å². The highest BCUT2D eigenvalue weighted by atomic mass is 35.5. The molecule has 1 aliphatic rings. The van der Waals surface area contributed by atoms with Crippen LogP contribution < -0.4 is 4.74 Å². The van der Waals surface area contributed by atoms with E-state index in [2.05, 4.69) is 4.90 Å². The maximum atomic E-state index is 10.9. The summed E-state index contributed by atoms with van der Waals surface area (Å²) in [5.41, 5.74) is 1.11. The van der Waals surface area contributed by atoms with Crippen molar-refractivity contribution < 1.29 is 9.84 Å². The van der Waals surface area contributed by atoms with Crippen molar-refractivity contribution in [3.05, 3.63) is 64.7 Å². The quantitative estimate of drug-likeness (QED) is 0.837. The zero-order chi connectivity index (χ0) is 17.2. The Morgan fingerprint density at radius 3 is 2.21 bits per heavy atom. The van der Waals surface area contributed by atoms with Crippen LogP contribution in [-0.4, -0.2) is 35.2 Å². The molecule has 3 nitrogen and oxygen atoms in total. The molecule has 2 aromatic carbocycles. The highest BCUT2D eigenvalue weighted by Gasteiger charge is 2.34. The smallest absolute Gasteiger partial charge is 0.118 e. The summed E-state index contributed by atoms with van der Waals surface area (Å²) in [7, 11) is 1.65. The van der Waals surface area contributed by atoms with Crippen molar-refractivity contribution in [1.82, 2.24) is 4.90 Å². The molecule has 0 atom stereocenters. The Labute approximate surface area is 152 Å². The summed E-state index contributed by atoms with van der Waals surface area (Å²) in [6, 6.07) is 15.2. The van der Waals surface area contributed by atoms with Gasteiger partial charge in [-0.05, 0) is 54.8 Å². The lowest BCUT2D eigenvalue weighted by molar-refractivity contribution is -0.0116. The molecule has 1 saturated heterocycles. The van der Waals surface area contributed by atoms with Gasteiger partial charge in [0.05, 0.1) is 12.7 Å². The molecule has 0 saturated carbocycles. The molecule has 1 aliphatic heterocycles. The van der Waals surface area contributed by atoms with Crippen LogP contribution in [0.25, 0.3) is 0 Å². The second-order valence-electron chi connectivity index (χ2n) is 6.06. The number of hydrogen-bond acceptors (Lipinski definition) is 3. The zero-order valence-electron chi connectivity index (χ0n) is 13.5. The lowest BCUT2D eigenvalue weighted by Gasteiger charge is -2.39.